The summed E-state index contributed by atoms with van der Waals surface area (Å²) >= 11 is 0. The van der Waals surface area contributed by atoms with Crippen LogP contribution in [0.1, 0.15) is 45.2 Å². The Hall–Kier alpha value is -1.36. The lowest BCUT2D eigenvalue weighted by Crippen LogP contribution is -2.52. The van der Waals surface area contributed by atoms with Crippen molar-refractivity contribution in [1.29, 1.82) is 0 Å². The van der Waals surface area contributed by atoms with E-state index in [4.69, 9.17) is 9.52 Å². The van der Waals surface area contributed by atoms with E-state index in [1.165, 1.54) is 0 Å². The Kier molecular flexibility index (Phi) is 10.2. The normalized spacial score (nSPS) is 19.4. The third kappa shape index (κ3) is 6.84. The average Bonchev–Trinajstić information content (AvgIpc) is 3.37. The standard InChI is InChI=1S/C20H34N6O2.HI/c1-3-18(26-10-5-6-19(26)27)7-9-22-20(21-4-2)25-13-11-24(12-14-25)16-17-8-15-28-23-17;/h8,15,18H,3-7,9-14,16H2,1-2H3,(H,21,22);1H. The fraction of sp³-hybridized carbons (Fsp3) is 0.750. The van der Waals surface area contributed by atoms with Gasteiger partial charge in [-0.1, -0.05) is 12.1 Å². The molecule has 3 rings (SSSR count). The van der Waals surface area contributed by atoms with Crippen molar-refractivity contribution in [3.8, 4) is 0 Å². The zero-order valence-electron chi connectivity index (χ0n) is 17.7. The van der Waals surface area contributed by atoms with Gasteiger partial charge in [-0.25, -0.2) is 0 Å². The third-order valence-electron chi connectivity index (χ3n) is 5.63. The summed E-state index contributed by atoms with van der Waals surface area (Å²) in [5.74, 6) is 1.30. The Labute approximate surface area is 191 Å². The van der Waals surface area contributed by atoms with Gasteiger partial charge in [-0.15, -0.1) is 24.0 Å². The molecule has 1 atom stereocenters. The number of aliphatic imine (C=N–C) groups is 1. The third-order valence-corrected chi connectivity index (χ3v) is 5.63. The Bertz CT molecular complexity index is 631. The smallest absolute Gasteiger partial charge is 0.222 e. The van der Waals surface area contributed by atoms with Crippen LogP contribution in [0.5, 0.6) is 0 Å². The summed E-state index contributed by atoms with van der Waals surface area (Å²) in [5.41, 5.74) is 0.982. The second-order valence-electron chi connectivity index (χ2n) is 7.53. The second-order valence-corrected chi connectivity index (χ2v) is 7.53. The monoisotopic (exact) mass is 518 g/mol. The Morgan fingerprint density at radius 2 is 2.07 bits per heavy atom. The summed E-state index contributed by atoms with van der Waals surface area (Å²) in [4.78, 5) is 23.7. The lowest BCUT2D eigenvalue weighted by Gasteiger charge is -2.36. The fourth-order valence-corrected chi connectivity index (χ4v) is 4.05. The Balaban J connectivity index is 0.00000300. The number of carbonyl (C=O) groups is 1. The first-order valence-electron chi connectivity index (χ1n) is 10.7. The van der Waals surface area contributed by atoms with E-state index in [1.54, 1.807) is 6.26 Å². The van der Waals surface area contributed by atoms with Crippen LogP contribution >= 0.6 is 24.0 Å². The molecule has 2 fully saturated rings. The first-order valence-corrected chi connectivity index (χ1v) is 10.7. The minimum atomic E-state index is 0. The van der Waals surface area contributed by atoms with Gasteiger partial charge < -0.3 is 19.6 Å². The molecular formula is C20H35IN6O2. The molecule has 1 unspecified atom stereocenters. The molecule has 1 N–H and O–H groups in total. The minimum Gasteiger partial charge on any atom is -0.364 e. The number of nitrogens with zero attached hydrogens (tertiary/aromatic N) is 5. The number of guanidine groups is 1. The summed E-state index contributed by atoms with van der Waals surface area (Å²) < 4.78 is 4.92. The van der Waals surface area contributed by atoms with E-state index >= 15 is 0 Å². The maximum atomic E-state index is 12.0. The van der Waals surface area contributed by atoms with Crippen LogP contribution in [0.4, 0.5) is 0 Å². The van der Waals surface area contributed by atoms with Gasteiger partial charge in [-0.2, -0.15) is 0 Å². The molecule has 29 heavy (non-hydrogen) atoms. The van der Waals surface area contributed by atoms with E-state index in [0.29, 0.717) is 18.4 Å². The lowest BCUT2D eigenvalue weighted by atomic mass is 10.1. The number of hydrogen-bond donors (Lipinski definition) is 1. The number of nitrogens with one attached hydrogen (secondary N) is 1. The van der Waals surface area contributed by atoms with Crippen LogP contribution in [-0.4, -0.2) is 83.6 Å². The lowest BCUT2D eigenvalue weighted by molar-refractivity contribution is -0.129. The van der Waals surface area contributed by atoms with Gasteiger partial charge in [0.2, 0.25) is 5.91 Å². The molecule has 0 bridgehead atoms. The van der Waals surface area contributed by atoms with E-state index in [1.807, 2.05) is 6.07 Å². The van der Waals surface area contributed by atoms with Crippen molar-refractivity contribution < 1.29 is 9.32 Å². The molecule has 8 nitrogen and oxygen atoms in total. The number of hydrogen-bond acceptors (Lipinski definition) is 5. The molecule has 2 saturated heterocycles. The topological polar surface area (TPSA) is 77.2 Å². The summed E-state index contributed by atoms with van der Waals surface area (Å²) in [7, 11) is 0. The highest BCUT2D eigenvalue weighted by Gasteiger charge is 2.26. The number of piperazine rings is 1. The van der Waals surface area contributed by atoms with Gasteiger partial charge in [0, 0.05) is 70.9 Å². The highest BCUT2D eigenvalue weighted by molar-refractivity contribution is 14.0. The average molecular weight is 518 g/mol. The first-order chi connectivity index (χ1) is 13.7. The molecule has 1 amide bonds. The number of carbonyl (C=O) groups excluding carboxylic acids is 1. The van der Waals surface area contributed by atoms with Crippen LogP contribution < -0.4 is 5.32 Å². The van der Waals surface area contributed by atoms with E-state index in [0.717, 1.165) is 83.3 Å². The van der Waals surface area contributed by atoms with Crippen molar-refractivity contribution >= 4 is 35.8 Å². The molecule has 9 heteroatoms. The van der Waals surface area contributed by atoms with Gasteiger partial charge >= 0.3 is 0 Å². The fourth-order valence-electron chi connectivity index (χ4n) is 4.05. The summed E-state index contributed by atoms with van der Waals surface area (Å²) in [6.07, 6.45) is 5.27. The summed E-state index contributed by atoms with van der Waals surface area (Å²) in [6, 6.07) is 2.24. The van der Waals surface area contributed by atoms with Gasteiger partial charge in [0.25, 0.3) is 0 Å². The number of likely N-dealkylation sites (tertiary alicyclic amines) is 1. The zero-order valence-corrected chi connectivity index (χ0v) is 20.0. The molecule has 2 aliphatic heterocycles. The molecule has 1 aromatic heterocycles. The molecule has 0 spiro atoms. The molecular weight excluding hydrogens is 483 g/mol. The molecule has 0 radical (unpaired) electrons. The molecule has 0 aromatic carbocycles. The zero-order chi connectivity index (χ0) is 19.8. The number of rotatable bonds is 8. The van der Waals surface area contributed by atoms with Gasteiger partial charge in [0.1, 0.15) is 6.26 Å². The van der Waals surface area contributed by atoms with Crippen molar-refractivity contribution in [2.45, 2.75) is 52.1 Å². The quantitative estimate of drug-likeness (QED) is 0.323. The molecule has 3 heterocycles. The van der Waals surface area contributed by atoms with Gasteiger partial charge in [-0.05, 0) is 26.2 Å². The second kappa shape index (κ2) is 12.4. The Morgan fingerprint density at radius 3 is 2.66 bits per heavy atom. The van der Waals surface area contributed by atoms with Crippen LogP contribution in [0.25, 0.3) is 0 Å². The van der Waals surface area contributed by atoms with E-state index < -0.39 is 0 Å². The molecule has 164 valence electrons. The molecule has 1 aromatic rings. The number of amides is 1. The Morgan fingerprint density at radius 1 is 1.28 bits per heavy atom. The van der Waals surface area contributed by atoms with Crippen molar-refractivity contribution in [1.82, 2.24) is 25.2 Å². The van der Waals surface area contributed by atoms with E-state index in [2.05, 4.69) is 39.0 Å². The van der Waals surface area contributed by atoms with E-state index in [9.17, 15) is 4.79 Å². The molecule has 2 aliphatic rings. The van der Waals surface area contributed by atoms with Crippen LogP contribution in [0, 0.1) is 0 Å². The van der Waals surface area contributed by atoms with Crippen molar-refractivity contribution in [2.75, 3.05) is 45.8 Å². The summed E-state index contributed by atoms with van der Waals surface area (Å²) in [5, 5.41) is 7.43. The highest BCUT2D eigenvalue weighted by Crippen LogP contribution is 2.18. The SMILES string of the molecule is CCNC(=NCCC(CC)N1CCCC1=O)N1CCN(Cc2ccon2)CC1.I. The van der Waals surface area contributed by atoms with Crippen molar-refractivity contribution in [3.05, 3.63) is 18.0 Å². The predicted molar refractivity (Wildman–Crippen MR) is 124 cm³/mol. The number of aromatic nitrogens is 1. The highest BCUT2D eigenvalue weighted by atomic mass is 127. The van der Waals surface area contributed by atoms with Gasteiger partial charge in [0.05, 0.1) is 5.69 Å². The van der Waals surface area contributed by atoms with Crippen LogP contribution in [0.2, 0.25) is 0 Å². The maximum Gasteiger partial charge on any atom is 0.222 e. The molecule has 0 saturated carbocycles. The minimum absolute atomic E-state index is 0. The van der Waals surface area contributed by atoms with Gasteiger partial charge in [-0.3, -0.25) is 14.7 Å². The van der Waals surface area contributed by atoms with Crippen molar-refractivity contribution in [2.24, 2.45) is 4.99 Å². The molecule has 0 aliphatic carbocycles. The predicted octanol–water partition coefficient (Wildman–Crippen LogP) is 2.17. The van der Waals surface area contributed by atoms with E-state index in [-0.39, 0.29) is 24.0 Å². The largest absolute Gasteiger partial charge is 0.364 e. The van der Waals surface area contributed by atoms with Crippen molar-refractivity contribution in [3.63, 3.8) is 0 Å². The summed E-state index contributed by atoms with van der Waals surface area (Å²) in [6.45, 7) is 11.5. The van der Waals surface area contributed by atoms with Crippen LogP contribution in [0.3, 0.4) is 0 Å². The first kappa shape index (κ1) is 23.9. The van der Waals surface area contributed by atoms with Crippen LogP contribution in [0.15, 0.2) is 21.8 Å². The maximum absolute atomic E-state index is 12.0. The van der Waals surface area contributed by atoms with Gasteiger partial charge in [0.15, 0.2) is 5.96 Å². The van der Waals surface area contributed by atoms with Crippen LogP contribution in [-0.2, 0) is 11.3 Å². The number of halogens is 1.